The number of nitrogens with one attached hydrogen (secondary N) is 1. The van der Waals surface area contributed by atoms with E-state index in [9.17, 15) is 9.18 Å². The number of carbonyl (C=O) groups is 1. The first kappa shape index (κ1) is 12.3. The lowest BCUT2D eigenvalue weighted by Crippen LogP contribution is -2.26. The third-order valence-electron chi connectivity index (χ3n) is 2.73. The normalized spacial score (nSPS) is 11.9. The predicted molar refractivity (Wildman–Crippen MR) is 68.7 cm³/mol. The highest BCUT2D eigenvalue weighted by Crippen LogP contribution is 2.12. The second-order valence-electron chi connectivity index (χ2n) is 4.12. The van der Waals surface area contributed by atoms with Gasteiger partial charge in [-0.1, -0.05) is 36.4 Å². The van der Waals surface area contributed by atoms with E-state index in [1.807, 2.05) is 37.3 Å². The number of carbonyl (C=O) groups excluding carboxylic acids is 1. The van der Waals surface area contributed by atoms with E-state index in [0.29, 0.717) is 5.56 Å². The molecule has 1 atom stereocenters. The van der Waals surface area contributed by atoms with Gasteiger partial charge < -0.3 is 5.32 Å². The molecule has 2 aromatic rings. The molecule has 92 valence electrons. The Morgan fingerprint density at radius 1 is 1.11 bits per heavy atom. The van der Waals surface area contributed by atoms with E-state index in [4.69, 9.17) is 0 Å². The molecule has 1 amide bonds. The largest absolute Gasteiger partial charge is 0.346 e. The van der Waals surface area contributed by atoms with E-state index < -0.39 is 5.82 Å². The van der Waals surface area contributed by atoms with Gasteiger partial charge in [0.1, 0.15) is 5.82 Å². The Morgan fingerprint density at radius 3 is 2.50 bits per heavy atom. The first-order chi connectivity index (χ1) is 8.66. The SMILES string of the molecule is C[C@H](NC(=O)c1cccc(F)c1)c1ccccc1. The summed E-state index contributed by atoms with van der Waals surface area (Å²) in [6, 6.07) is 15.2. The molecule has 0 spiro atoms. The summed E-state index contributed by atoms with van der Waals surface area (Å²) in [4.78, 5) is 11.9. The van der Waals surface area contributed by atoms with Crippen LogP contribution in [0.5, 0.6) is 0 Å². The Hall–Kier alpha value is -2.16. The summed E-state index contributed by atoms with van der Waals surface area (Å²) in [5.41, 5.74) is 1.35. The summed E-state index contributed by atoms with van der Waals surface area (Å²) < 4.78 is 13.0. The molecule has 0 radical (unpaired) electrons. The predicted octanol–water partition coefficient (Wildman–Crippen LogP) is 3.32. The van der Waals surface area contributed by atoms with Crippen molar-refractivity contribution in [2.75, 3.05) is 0 Å². The fourth-order valence-electron chi connectivity index (χ4n) is 1.73. The summed E-state index contributed by atoms with van der Waals surface area (Å²) in [7, 11) is 0. The van der Waals surface area contributed by atoms with Gasteiger partial charge in [-0.25, -0.2) is 4.39 Å². The maximum Gasteiger partial charge on any atom is 0.251 e. The highest BCUT2D eigenvalue weighted by molar-refractivity contribution is 5.94. The fraction of sp³-hybridized carbons (Fsp3) is 0.133. The number of amides is 1. The Balaban J connectivity index is 2.08. The minimum absolute atomic E-state index is 0.109. The quantitative estimate of drug-likeness (QED) is 0.880. The number of halogens is 1. The van der Waals surface area contributed by atoms with Gasteiger partial charge in [0.25, 0.3) is 5.91 Å². The lowest BCUT2D eigenvalue weighted by atomic mass is 10.1. The van der Waals surface area contributed by atoms with Gasteiger partial charge in [0.05, 0.1) is 6.04 Å². The van der Waals surface area contributed by atoms with E-state index in [1.165, 1.54) is 18.2 Å². The third kappa shape index (κ3) is 2.94. The van der Waals surface area contributed by atoms with Crippen LogP contribution >= 0.6 is 0 Å². The first-order valence-electron chi connectivity index (χ1n) is 5.78. The zero-order valence-corrected chi connectivity index (χ0v) is 10.1. The molecule has 0 fully saturated rings. The van der Waals surface area contributed by atoms with Crippen LogP contribution in [0.2, 0.25) is 0 Å². The summed E-state index contributed by atoms with van der Waals surface area (Å²) in [5, 5.41) is 2.83. The van der Waals surface area contributed by atoms with Crippen LogP contribution in [0, 0.1) is 5.82 Å². The molecule has 1 N–H and O–H groups in total. The van der Waals surface area contributed by atoms with Gasteiger partial charge in [0, 0.05) is 5.56 Å². The van der Waals surface area contributed by atoms with Crippen molar-refractivity contribution in [1.82, 2.24) is 5.32 Å². The second kappa shape index (κ2) is 5.45. The number of rotatable bonds is 3. The van der Waals surface area contributed by atoms with Gasteiger partial charge in [0.2, 0.25) is 0 Å². The van der Waals surface area contributed by atoms with Crippen LogP contribution in [-0.2, 0) is 0 Å². The minimum Gasteiger partial charge on any atom is -0.346 e. The molecule has 0 heterocycles. The van der Waals surface area contributed by atoms with Gasteiger partial charge in [-0.15, -0.1) is 0 Å². The molecule has 0 aromatic heterocycles. The molecule has 2 nitrogen and oxygen atoms in total. The Kier molecular flexibility index (Phi) is 3.72. The van der Waals surface area contributed by atoms with Crippen LogP contribution in [-0.4, -0.2) is 5.91 Å². The van der Waals surface area contributed by atoms with Gasteiger partial charge in [0.15, 0.2) is 0 Å². The van der Waals surface area contributed by atoms with Crippen molar-refractivity contribution < 1.29 is 9.18 Å². The van der Waals surface area contributed by atoms with Crippen molar-refractivity contribution in [3.63, 3.8) is 0 Å². The van der Waals surface area contributed by atoms with E-state index in [0.717, 1.165) is 5.56 Å². The summed E-state index contributed by atoms with van der Waals surface area (Å²) in [5.74, 6) is -0.680. The summed E-state index contributed by atoms with van der Waals surface area (Å²) in [6.07, 6.45) is 0. The number of hydrogen-bond acceptors (Lipinski definition) is 1. The van der Waals surface area contributed by atoms with Crippen molar-refractivity contribution in [3.05, 3.63) is 71.5 Å². The van der Waals surface area contributed by atoms with Crippen LogP contribution in [0.4, 0.5) is 4.39 Å². The zero-order chi connectivity index (χ0) is 13.0. The molecule has 0 saturated heterocycles. The highest BCUT2D eigenvalue weighted by atomic mass is 19.1. The molecule has 2 rings (SSSR count). The minimum atomic E-state index is -0.407. The average Bonchev–Trinajstić information content (AvgIpc) is 2.39. The second-order valence-corrected chi connectivity index (χ2v) is 4.12. The lowest BCUT2D eigenvalue weighted by molar-refractivity contribution is 0.0939. The van der Waals surface area contributed by atoms with Gasteiger partial charge in [-0.3, -0.25) is 4.79 Å². The van der Waals surface area contributed by atoms with Crippen LogP contribution in [0.15, 0.2) is 54.6 Å². The lowest BCUT2D eigenvalue weighted by Gasteiger charge is -2.14. The van der Waals surface area contributed by atoms with Crippen molar-refractivity contribution in [2.45, 2.75) is 13.0 Å². The maximum atomic E-state index is 13.0. The number of benzene rings is 2. The number of hydrogen-bond donors (Lipinski definition) is 1. The topological polar surface area (TPSA) is 29.1 Å². The van der Waals surface area contributed by atoms with Crippen LogP contribution in [0.3, 0.4) is 0 Å². The highest BCUT2D eigenvalue weighted by Gasteiger charge is 2.11. The molecule has 2 aromatic carbocycles. The van der Waals surface area contributed by atoms with E-state index in [-0.39, 0.29) is 11.9 Å². The standard InChI is InChI=1S/C15H14FNO/c1-11(12-6-3-2-4-7-12)17-15(18)13-8-5-9-14(16)10-13/h2-11H,1H3,(H,17,18)/t11-/m0/s1. The smallest absolute Gasteiger partial charge is 0.251 e. The van der Waals surface area contributed by atoms with Crippen LogP contribution < -0.4 is 5.32 Å². The zero-order valence-electron chi connectivity index (χ0n) is 10.1. The van der Waals surface area contributed by atoms with E-state index in [1.54, 1.807) is 6.07 Å². The molecule has 0 aliphatic rings. The molecule has 3 heteroatoms. The molecular formula is C15H14FNO. The Labute approximate surface area is 105 Å². The van der Waals surface area contributed by atoms with Crippen molar-refractivity contribution >= 4 is 5.91 Å². The Bertz CT molecular complexity index is 539. The van der Waals surface area contributed by atoms with Crippen molar-refractivity contribution in [2.24, 2.45) is 0 Å². The molecular weight excluding hydrogens is 229 g/mol. The monoisotopic (exact) mass is 243 g/mol. The van der Waals surface area contributed by atoms with Gasteiger partial charge >= 0.3 is 0 Å². The summed E-state index contributed by atoms with van der Waals surface area (Å²) >= 11 is 0. The fourth-order valence-corrected chi connectivity index (χ4v) is 1.73. The molecule has 0 saturated carbocycles. The molecule has 18 heavy (non-hydrogen) atoms. The maximum absolute atomic E-state index is 13.0. The molecule has 0 bridgehead atoms. The van der Waals surface area contributed by atoms with E-state index in [2.05, 4.69) is 5.32 Å². The molecule has 0 unspecified atom stereocenters. The van der Waals surface area contributed by atoms with Crippen LogP contribution in [0.25, 0.3) is 0 Å². The van der Waals surface area contributed by atoms with Gasteiger partial charge in [-0.2, -0.15) is 0 Å². The van der Waals surface area contributed by atoms with Gasteiger partial charge in [-0.05, 0) is 30.7 Å². The summed E-state index contributed by atoms with van der Waals surface area (Å²) in [6.45, 7) is 1.90. The first-order valence-corrected chi connectivity index (χ1v) is 5.78. The van der Waals surface area contributed by atoms with Crippen molar-refractivity contribution in [1.29, 1.82) is 0 Å². The molecule has 0 aliphatic heterocycles. The Morgan fingerprint density at radius 2 is 1.83 bits per heavy atom. The third-order valence-corrected chi connectivity index (χ3v) is 2.73. The van der Waals surface area contributed by atoms with E-state index >= 15 is 0 Å². The van der Waals surface area contributed by atoms with Crippen molar-refractivity contribution in [3.8, 4) is 0 Å². The van der Waals surface area contributed by atoms with Crippen LogP contribution in [0.1, 0.15) is 28.9 Å². The molecule has 0 aliphatic carbocycles. The average molecular weight is 243 g/mol.